The first-order valence-corrected chi connectivity index (χ1v) is 8.10. The second-order valence-corrected chi connectivity index (χ2v) is 5.71. The Morgan fingerprint density at radius 2 is 1.80 bits per heavy atom. The topological polar surface area (TPSA) is 38.3 Å². The zero-order valence-electron chi connectivity index (χ0n) is 14.0. The first-order valence-electron chi connectivity index (χ1n) is 8.10. The quantitative estimate of drug-likeness (QED) is 0.719. The molecular weight excluding hydrogens is 324 g/mol. The van der Waals surface area contributed by atoms with E-state index in [4.69, 9.17) is 0 Å². The molecule has 0 aliphatic rings. The molecule has 0 radical (unpaired) electrons. The Bertz CT molecular complexity index is 685. The molecule has 132 valence electrons. The Labute approximate surface area is 146 Å². The molecule has 2 aromatic carbocycles. The van der Waals surface area contributed by atoms with E-state index in [0.29, 0.717) is 0 Å². The summed E-state index contributed by atoms with van der Waals surface area (Å²) >= 11 is 0. The van der Waals surface area contributed by atoms with Crippen molar-refractivity contribution in [3.8, 4) is 5.75 Å². The maximum atomic E-state index is 12.1. The van der Waals surface area contributed by atoms with Gasteiger partial charge in [0.1, 0.15) is 5.75 Å². The Balaban J connectivity index is 1.77. The van der Waals surface area contributed by atoms with Gasteiger partial charge in [-0.3, -0.25) is 4.79 Å². The number of carbonyl (C=O) groups excluding carboxylic acids is 1. The highest BCUT2D eigenvalue weighted by Gasteiger charge is 2.06. The third-order valence-corrected chi connectivity index (χ3v) is 3.63. The monoisotopic (exact) mass is 345 g/mol. The van der Waals surface area contributed by atoms with Crippen LogP contribution in [0.2, 0.25) is 0 Å². The minimum atomic E-state index is -2.84. The molecule has 3 nitrogen and oxygen atoms in total. The molecule has 0 aromatic heterocycles. The van der Waals surface area contributed by atoms with Gasteiger partial charge in [0.2, 0.25) is 5.91 Å². The van der Waals surface area contributed by atoms with E-state index in [1.54, 1.807) is 18.2 Å². The third-order valence-electron chi connectivity index (χ3n) is 3.63. The lowest BCUT2D eigenvalue weighted by molar-refractivity contribution is -0.117. The number of hydrogen-bond acceptors (Lipinski definition) is 2. The molecule has 0 aliphatic carbocycles. The van der Waals surface area contributed by atoms with E-state index in [1.807, 2.05) is 25.1 Å². The number of carbonyl (C=O) groups is 1. The molecule has 1 atom stereocenters. The van der Waals surface area contributed by atoms with Crippen molar-refractivity contribution in [2.75, 3.05) is 0 Å². The predicted octanol–water partition coefficient (Wildman–Crippen LogP) is 4.44. The molecule has 0 aliphatic heterocycles. The van der Waals surface area contributed by atoms with Crippen LogP contribution in [0.4, 0.5) is 8.78 Å². The fraction of sp³-hybridized carbons (Fsp3) is 0.250. The van der Waals surface area contributed by atoms with Crippen LogP contribution in [-0.2, 0) is 11.2 Å². The zero-order chi connectivity index (χ0) is 18.1. The van der Waals surface area contributed by atoms with Crippen molar-refractivity contribution in [2.45, 2.75) is 32.4 Å². The largest absolute Gasteiger partial charge is 0.435 e. The molecule has 0 heterocycles. The first-order chi connectivity index (χ1) is 12.0. The van der Waals surface area contributed by atoms with Crippen LogP contribution in [0.15, 0.2) is 60.7 Å². The molecule has 0 spiro atoms. The van der Waals surface area contributed by atoms with Crippen molar-refractivity contribution in [1.29, 1.82) is 0 Å². The number of alkyl halides is 2. The van der Waals surface area contributed by atoms with Crippen molar-refractivity contribution >= 4 is 12.0 Å². The molecular formula is C20H21F2NO2. The highest BCUT2D eigenvalue weighted by molar-refractivity contribution is 5.91. The maximum absolute atomic E-state index is 12.1. The summed E-state index contributed by atoms with van der Waals surface area (Å²) in [6.07, 6.45) is 4.81. The van der Waals surface area contributed by atoms with Gasteiger partial charge in [-0.05, 0) is 49.1 Å². The number of ether oxygens (including phenoxy) is 1. The molecule has 0 unspecified atom stereocenters. The van der Waals surface area contributed by atoms with Gasteiger partial charge in [0.05, 0.1) is 0 Å². The van der Waals surface area contributed by atoms with Crippen molar-refractivity contribution < 1.29 is 18.3 Å². The van der Waals surface area contributed by atoms with E-state index in [2.05, 4.69) is 22.2 Å². The van der Waals surface area contributed by atoms with Crippen LogP contribution in [-0.4, -0.2) is 18.6 Å². The van der Waals surface area contributed by atoms with Crippen molar-refractivity contribution in [1.82, 2.24) is 5.32 Å². The van der Waals surface area contributed by atoms with Gasteiger partial charge < -0.3 is 10.1 Å². The summed E-state index contributed by atoms with van der Waals surface area (Å²) in [4.78, 5) is 11.9. The van der Waals surface area contributed by atoms with Crippen molar-refractivity contribution in [2.24, 2.45) is 0 Å². The summed E-state index contributed by atoms with van der Waals surface area (Å²) < 4.78 is 28.4. The van der Waals surface area contributed by atoms with Crippen LogP contribution in [0.3, 0.4) is 0 Å². The molecule has 25 heavy (non-hydrogen) atoms. The molecule has 0 saturated heterocycles. The predicted molar refractivity (Wildman–Crippen MR) is 94.5 cm³/mol. The molecule has 5 heteroatoms. The molecule has 0 saturated carbocycles. The Morgan fingerprint density at radius 1 is 1.12 bits per heavy atom. The fourth-order valence-electron chi connectivity index (χ4n) is 2.32. The van der Waals surface area contributed by atoms with E-state index in [9.17, 15) is 13.6 Å². The summed E-state index contributed by atoms with van der Waals surface area (Å²) in [5.41, 5.74) is 1.97. The van der Waals surface area contributed by atoms with Gasteiger partial charge in [-0.25, -0.2) is 0 Å². The number of halogens is 2. The average molecular weight is 345 g/mol. The molecule has 0 fully saturated rings. The van der Waals surface area contributed by atoms with Crippen molar-refractivity contribution in [3.63, 3.8) is 0 Å². The first kappa shape index (κ1) is 18.6. The Hall–Kier alpha value is -2.69. The van der Waals surface area contributed by atoms with Gasteiger partial charge in [-0.15, -0.1) is 0 Å². The number of hydrogen-bond donors (Lipinski definition) is 1. The molecule has 1 N–H and O–H groups in total. The summed E-state index contributed by atoms with van der Waals surface area (Å²) in [7, 11) is 0. The van der Waals surface area contributed by atoms with Gasteiger partial charge in [-0.1, -0.05) is 42.5 Å². The summed E-state index contributed by atoms with van der Waals surface area (Å²) in [5.74, 6) is -0.0976. The minimum absolute atomic E-state index is 0.0548. The van der Waals surface area contributed by atoms with E-state index in [-0.39, 0.29) is 17.7 Å². The molecule has 2 rings (SSSR count). The van der Waals surface area contributed by atoms with E-state index in [0.717, 1.165) is 18.4 Å². The van der Waals surface area contributed by atoms with E-state index in [1.165, 1.54) is 23.8 Å². The molecule has 1 amide bonds. The minimum Gasteiger partial charge on any atom is -0.435 e. The Kier molecular flexibility index (Phi) is 7.14. The second kappa shape index (κ2) is 9.57. The van der Waals surface area contributed by atoms with E-state index < -0.39 is 6.61 Å². The second-order valence-electron chi connectivity index (χ2n) is 5.71. The standard InChI is InChI=1S/C20H21F2NO2/c1-15(7-8-16-5-3-2-4-6-16)23-19(24)14-11-17-9-12-18(13-10-17)25-20(21)22/h2-6,9-15,20H,7-8H2,1H3,(H,23,24)/b14-11+/t15-/m1/s1. The lowest BCUT2D eigenvalue weighted by atomic mass is 10.1. The van der Waals surface area contributed by atoms with Gasteiger partial charge in [-0.2, -0.15) is 8.78 Å². The number of aryl methyl sites for hydroxylation is 1. The third kappa shape index (κ3) is 7.16. The number of rotatable bonds is 8. The van der Waals surface area contributed by atoms with Crippen LogP contribution in [0.5, 0.6) is 5.75 Å². The fourth-order valence-corrected chi connectivity index (χ4v) is 2.32. The highest BCUT2D eigenvalue weighted by atomic mass is 19.3. The highest BCUT2D eigenvalue weighted by Crippen LogP contribution is 2.15. The number of nitrogens with one attached hydrogen (secondary N) is 1. The van der Waals surface area contributed by atoms with Crippen LogP contribution >= 0.6 is 0 Å². The van der Waals surface area contributed by atoms with Gasteiger partial charge >= 0.3 is 6.61 Å². The van der Waals surface area contributed by atoms with Gasteiger partial charge in [0, 0.05) is 12.1 Å². The van der Waals surface area contributed by atoms with Gasteiger partial charge in [0.15, 0.2) is 0 Å². The lowest BCUT2D eigenvalue weighted by Crippen LogP contribution is -2.31. The normalized spacial score (nSPS) is 12.3. The van der Waals surface area contributed by atoms with Crippen molar-refractivity contribution in [3.05, 3.63) is 71.8 Å². The van der Waals surface area contributed by atoms with E-state index >= 15 is 0 Å². The summed E-state index contributed by atoms with van der Waals surface area (Å²) in [6.45, 7) is -0.880. The molecule has 0 bridgehead atoms. The van der Waals surface area contributed by atoms with Gasteiger partial charge in [0.25, 0.3) is 0 Å². The average Bonchev–Trinajstić information content (AvgIpc) is 2.60. The smallest absolute Gasteiger partial charge is 0.387 e. The van der Waals surface area contributed by atoms with Crippen LogP contribution in [0.25, 0.3) is 6.08 Å². The van der Waals surface area contributed by atoms with Crippen LogP contribution in [0, 0.1) is 0 Å². The van der Waals surface area contributed by atoms with Crippen LogP contribution in [0.1, 0.15) is 24.5 Å². The lowest BCUT2D eigenvalue weighted by Gasteiger charge is -2.12. The SMILES string of the molecule is C[C@H](CCc1ccccc1)NC(=O)/C=C/c1ccc(OC(F)F)cc1. The summed E-state index contributed by atoms with van der Waals surface area (Å²) in [6, 6.07) is 16.3. The Morgan fingerprint density at radius 3 is 2.44 bits per heavy atom. The number of benzene rings is 2. The maximum Gasteiger partial charge on any atom is 0.387 e. The van der Waals surface area contributed by atoms with Crippen LogP contribution < -0.4 is 10.1 Å². The molecule has 2 aromatic rings. The summed E-state index contributed by atoms with van der Waals surface area (Å²) in [5, 5.41) is 2.91. The zero-order valence-corrected chi connectivity index (χ0v) is 14.0. The number of amides is 1.